The number of amides is 1. The number of hydrogen-bond acceptors (Lipinski definition) is 5. The molecule has 1 amide bonds. The van der Waals surface area contributed by atoms with E-state index in [1.807, 2.05) is 31.2 Å². The van der Waals surface area contributed by atoms with Crippen LogP contribution in [0.4, 0.5) is 5.69 Å². The maximum Gasteiger partial charge on any atom is 0.269 e. The average molecular weight is 418 g/mol. The first-order valence-electron chi connectivity index (χ1n) is 9.68. The van der Waals surface area contributed by atoms with Crippen LogP contribution in [-0.2, 0) is 4.79 Å². The van der Waals surface area contributed by atoms with Crippen LogP contribution >= 0.6 is 0 Å². The normalized spacial score (nSPS) is 11.5. The molecule has 3 aromatic rings. The number of carbonyl (C=O) groups is 1. The van der Waals surface area contributed by atoms with Crippen molar-refractivity contribution in [3.63, 3.8) is 0 Å². The Morgan fingerprint density at radius 1 is 0.935 bits per heavy atom. The predicted molar refractivity (Wildman–Crippen MR) is 119 cm³/mol. The molecule has 0 spiro atoms. The third-order valence-electron chi connectivity index (χ3n) is 4.76. The van der Waals surface area contributed by atoms with Gasteiger partial charge in [-0.25, -0.2) is 0 Å². The van der Waals surface area contributed by atoms with Crippen molar-refractivity contribution in [1.82, 2.24) is 0 Å². The molecule has 0 aliphatic heterocycles. The molecule has 31 heavy (non-hydrogen) atoms. The van der Waals surface area contributed by atoms with Gasteiger partial charge < -0.3 is 15.6 Å². The van der Waals surface area contributed by atoms with E-state index >= 15 is 0 Å². The lowest BCUT2D eigenvalue weighted by atomic mass is 9.88. The molecule has 3 aromatic carbocycles. The van der Waals surface area contributed by atoms with Crippen LogP contribution in [0.3, 0.4) is 0 Å². The van der Waals surface area contributed by atoms with E-state index in [2.05, 4.69) is 0 Å². The molecule has 158 valence electrons. The summed E-state index contributed by atoms with van der Waals surface area (Å²) in [5.41, 5.74) is 9.72. The molecule has 0 aliphatic rings. The molecule has 7 nitrogen and oxygen atoms in total. The molecule has 0 atom stereocenters. The first-order chi connectivity index (χ1) is 14.9. The largest absolute Gasteiger partial charge is 0.508 e. The summed E-state index contributed by atoms with van der Waals surface area (Å²) >= 11 is 0. The van der Waals surface area contributed by atoms with Gasteiger partial charge >= 0.3 is 0 Å². The SMILES string of the molecule is CCC(=C(c1ccc(O)cc1)c1ccc(OCC(N)=O)cc1)c1ccc([N+](=O)[O-])cc1. The number of non-ortho nitro benzene ring substituents is 1. The zero-order valence-corrected chi connectivity index (χ0v) is 16.9. The van der Waals surface area contributed by atoms with E-state index in [1.165, 1.54) is 12.1 Å². The molecule has 7 heteroatoms. The van der Waals surface area contributed by atoms with E-state index in [1.54, 1.807) is 36.4 Å². The summed E-state index contributed by atoms with van der Waals surface area (Å²) in [5.74, 6) is 0.118. The van der Waals surface area contributed by atoms with E-state index in [9.17, 15) is 20.0 Å². The number of hydrogen-bond donors (Lipinski definition) is 2. The van der Waals surface area contributed by atoms with Crippen molar-refractivity contribution in [2.75, 3.05) is 6.61 Å². The van der Waals surface area contributed by atoms with Gasteiger partial charge in [0.2, 0.25) is 0 Å². The second-order valence-corrected chi connectivity index (χ2v) is 6.84. The number of phenols is 1. The third-order valence-corrected chi connectivity index (χ3v) is 4.76. The molecule has 0 saturated carbocycles. The number of primary amides is 1. The topological polar surface area (TPSA) is 116 Å². The minimum absolute atomic E-state index is 0.0290. The molecule has 0 saturated heterocycles. The minimum atomic E-state index is -0.555. The Bertz CT molecular complexity index is 1100. The van der Waals surface area contributed by atoms with Crippen molar-refractivity contribution in [1.29, 1.82) is 0 Å². The van der Waals surface area contributed by atoms with Gasteiger partial charge in [-0.05, 0) is 70.7 Å². The second-order valence-electron chi connectivity index (χ2n) is 6.84. The molecule has 0 unspecified atom stereocenters. The number of nitro benzene ring substituents is 1. The molecule has 0 fully saturated rings. The second kappa shape index (κ2) is 9.58. The molecular weight excluding hydrogens is 396 g/mol. The Labute approximate surface area is 179 Å². The van der Waals surface area contributed by atoms with Gasteiger partial charge in [0, 0.05) is 12.1 Å². The van der Waals surface area contributed by atoms with Crippen molar-refractivity contribution < 1.29 is 19.6 Å². The number of allylic oxidation sites excluding steroid dienone is 1. The number of carbonyl (C=O) groups excluding carboxylic acids is 1. The number of ether oxygens (including phenoxy) is 1. The van der Waals surface area contributed by atoms with Crippen LogP contribution in [-0.4, -0.2) is 22.5 Å². The number of rotatable bonds is 8. The lowest BCUT2D eigenvalue weighted by Gasteiger charge is -2.17. The van der Waals surface area contributed by atoms with Crippen LogP contribution in [0.5, 0.6) is 11.5 Å². The molecule has 0 heterocycles. The van der Waals surface area contributed by atoms with Gasteiger partial charge in [0.1, 0.15) is 11.5 Å². The molecule has 3 rings (SSSR count). The number of aromatic hydroxyl groups is 1. The summed E-state index contributed by atoms with van der Waals surface area (Å²) in [6.07, 6.45) is 0.675. The summed E-state index contributed by atoms with van der Waals surface area (Å²) < 4.78 is 5.34. The molecular formula is C24H22N2O5. The van der Waals surface area contributed by atoms with Crippen molar-refractivity contribution in [3.8, 4) is 11.5 Å². The first-order valence-corrected chi connectivity index (χ1v) is 9.68. The zero-order valence-electron chi connectivity index (χ0n) is 16.9. The standard InChI is InChI=1S/C24H22N2O5/c1-2-22(16-3-9-19(10-4-16)26(29)30)24(17-5-11-20(27)12-6-17)18-7-13-21(14-8-18)31-15-23(25)28/h3-14,27H,2,15H2,1H3,(H2,25,28). The number of nitrogens with two attached hydrogens (primary N) is 1. The van der Waals surface area contributed by atoms with Gasteiger partial charge in [-0.3, -0.25) is 14.9 Å². The lowest BCUT2D eigenvalue weighted by molar-refractivity contribution is -0.384. The highest BCUT2D eigenvalue weighted by Gasteiger charge is 2.15. The van der Waals surface area contributed by atoms with E-state index in [0.29, 0.717) is 12.2 Å². The third kappa shape index (κ3) is 5.27. The van der Waals surface area contributed by atoms with E-state index in [4.69, 9.17) is 10.5 Å². The maximum absolute atomic E-state index is 11.0. The smallest absolute Gasteiger partial charge is 0.269 e. The van der Waals surface area contributed by atoms with E-state index < -0.39 is 10.8 Å². The molecule has 3 N–H and O–H groups in total. The van der Waals surface area contributed by atoms with Crippen LogP contribution in [0, 0.1) is 10.1 Å². The van der Waals surface area contributed by atoms with Crippen LogP contribution in [0.1, 0.15) is 30.0 Å². The summed E-state index contributed by atoms with van der Waals surface area (Å²) in [4.78, 5) is 21.5. The number of benzene rings is 3. The minimum Gasteiger partial charge on any atom is -0.508 e. The monoisotopic (exact) mass is 418 g/mol. The van der Waals surface area contributed by atoms with Gasteiger partial charge in [0.25, 0.3) is 11.6 Å². The Morgan fingerprint density at radius 3 is 1.94 bits per heavy atom. The lowest BCUT2D eigenvalue weighted by Crippen LogP contribution is -2.19. The van der Waals surface area contributed by atoms with Crippen molar-refractivity contribution in [2.24, 2.45) is 5.73 Å². The molecule has 0 radical (unpaired) electrons. The van der Waals surface area contributed by atoms with Crippen LogP contribution in [0.2, 0.25) is 0 Å². The van der Waals surface area contributed by atoms with Gasteiger partial charge in [0.15, 0.2) is 6.61 Å². The highest BCUT2D eigenvalue weighted by atomic mass is 16.6. The predicted octanol–water partition coefficient (Wildman–Crippen LogP) is 4.53. The van der Waals surface area contributed by atoms with Crippen LogP contribution in [0.15, 0.2) is 72.8 Å². The van der Waals surface area contributed by atoms with Crippen LogP contribution < -0.4 is 10.5 Å². The highest BCUT2D eigenvalue weighted by molar-refractivity contribution is 5.98. The Balaban J connectivity index is 2.11. The Hall–Kier alpha value is -4.13. The summed E-state index contributed by atoms with van der Waals surface area (Å²) in [7, 11) is 0. The van der Waals surface area contributed by atoms with Crippen LogP contribution in [0.25, 0.3) is 11.1 Å². The zero-order chi connectivity index (χ0) is 22.4. The van der Waals surface area contributed by atoms with Crippen molar-refractivity contribution in [3.05, 3.63) is 99.6 Å². The highest BCUT2D eigenvalue weighted by Crippen LogP contribution is 2.36. The number of nitro groups is 1. The Morgan fingerprint density at radius 2 is 1.45 bits per heavy atom. The molecule has 0 aromatic heterocycles. The fourth-order valence-corrected chi connectivity index (χ4v) is 3.33. The van der Waals surface area contributed by atoms with Crippen molar-refractivity contribution in [2.45, 2.75) is 13.3 Å². The first kappa shape index (κ1) is 21.6. The average Bonchev–Trinajstić information content (AvgIpc) is 2.77. The quantitative estimate of drug-likeness (QED) is 0.317. The summed E-state index contributed by atoms with van der Waals surface area (Å²) in [6, 6.07) is 20.6. The van der Waals surface area contributed by atoms with Crippen molar-refractivity contribution >= 4 is 22.7 Å². The van der Waals surface area contributed by atoms with Gasteiger partial charge in [-0.15, -0.1) is 0 Å². The van der Waals surface area contributed by atoms with E-state index in [-0.39, 0.29) is 18.0 Å². The Kier molecular flexibility index (Phi) is 6.67. The van der Waals surface area contributed by atoms with Gasteiger partial charge in [-0.2, -0.15) is 0 Å². The number of nitrogens with zero attached hydrogens (tertiary/aromatic N) is 1. The fourth-order valence-electron chi connectivity index (χ4n) is 3.33. The van der Waals surface area contributed by atoms with Gasteiger partial charge in [-0.1, -0.05) is 31.2 Å². The molecule has 0 aliphatic carbocycles. The van der Waals surface area contributed by atoms with Gasteiger partial charge in [0.05, 0.1) is 4.92 Å². The molecule has 0 bridgehead atoms. The van der Waals surface area contributed by atoms with E-state index in [0.717, 1.165) is 27.8 Å². The maximum atomic E-state index is 11.0. The number of phenolic OH excluding ortho intramolecular Hbond substituents is 1. The summed E-state index contributed by atoms with van der Waals surface area (Å²) in [5, 5.41) is 20.7. The summed E-state index contributed by atoms with van der Waals surface area (Å²) in [6.45, 7) is 1.81. The fraction of sp³-hybridized carbons (Fsp3) is 0.125.